The Morgan fingerprint density at radius 1 is 1.53 bits per heavy atom. The van der Waals surface area contributed by atoms with E-state index in [9.17, 15) is 14.4 Å². The zero-order valence-corrected chi connectivity index (χ0v) is 9.61. The number of carbonyl (C=O) groups is 3. The number of hydrogen-bond donors (Lipinski definition) is 2. The highest BCUT2D eigenvalue weighted by Gasteiger charge is 2.23. The van der Waals surface area contributed by atoms with Crippen molar-refractivity contribution in [2.45, 2.75) is 12.8 Å². The molecule has 0 bridgehead atoms. The molecule has 17 heavy (non-hydrogen) atoms. The fourth-order valence-corrected chi connectivity index (χ4v) is 1.53. The molecule has 1 aliphatic rings. The summed E-state index contributed by atoms with van der Waals surface area (Å²) in [5.41, 5.74) is 5.13. The first-order valence-corrected chi connectivity index (χ1v) is 5.19. The first-order valence-electron chi connectivity index (χ1n) is 4.81. The second-order valence-corrected chi connectivity index (χ2v) is 3.82. The Hall–Kier alpha value is -1.82. The van der Waals surface area contributed by atoms with Gasteiger partial charge < -0.3 is 10.8 Å². The highest BCUT2D eigenvalue weighted by atomic mass is 35.5. The molecular weight excluding hydrogens is 248 g/mol. The number of ketones is 1. The van der Waals surface area contributed by atoms with Crippen molar-refractivity contribution < 1.29 is 19.5 Å². The van der Waals surface area contributed by atoms with Crippen molar-refractivity contribution in [3.8, 4) is 0 Å². The molecule has 92 valence electrons. The van der Waals surface area contributed by atoms with Gasteiger partial charge in [0.1, 0.15) is 0 Å². The van der Waals surface area contributed by atoms with Gasteiger partial charge in [0, 0.05) is 18.0 Å². The molecule has 0 aromatic heterocycles. The third-order valence-electron chi connectivity index (χ3n) is 2.15. The lowest BCUT2D eigenvalue weighted by Crippen LogP contribution is -2.39. The summed E-state index contributed by atoms with van der Waals surface area (Å²) in [6.07, 6.45) is 2.58. The molecule has 0 fully saturated rings. The van der Waals surface area contributed by atoms with Crippen LogP contribution in [0.3, 0.4) is 0 Å². The monoisotopic (exact) mass is 258 g/mol. The highest BCUT2D eigenvalue weighted by Crippen LogP contribution is 2.20. The van der Waals surface area contributed by atoms with Gasteiger partial charge in [-0.1, -0.05) is 17.7 Å². The number of primary amides is 1. The number of hydrogen-bond acceptors (Lipinski definition) is 3. The average molecular weight is 259 g/mol. The number of nitrogens with zero attached hydrogens (tertiary/aromatic N) is 1. The quantitative estimate of drug-likeness (QED) is 0.779. The summed E-state index contributed by atoms with van der Waals surface area (Å²) in [6, 6.07) is -0.878. The average Bonchev–Trinajstić information content (AvgIpc) is 2.22. The Balaban J connectivity index is 2.90. The predicted octanol–water partition coefficient (Wildman–Crippen LogP) is 0.821. The molecule has 3 N–H and O–H groups in total. The zero-order chi connectivity index (χ0) is 13.0. The molecule has 0 atom stereocenters. The number of carboxylic acids is 1. The van der Waals surface area contributed by atoms with Gasteiger partial charge in [0.25, 0.3) is 0 Å². The van der Waals surface area contributed by atoms with E-state index in [4.69, 9.17) is 22.4 Å². The van der Waals surface area contributed by atoms with Crippen LogP contribution in [0.2, 0.25) is 0 Å². The molecule has 1 rings (SSSR count). The summed E-state index contributed by atoms with van der Waals surface area (Å²) < 4.78 is 0. The number of allylic oxidation sites excluding steroid dienone is 4. The lowest BCUT2D eigenvalue weighted by atomic mass is 10.1. The summed E-state index contributed by atoms with van der Waals surface area (Å²) >= 11 is 5.73. The Bertz CT molecular complexity index is 428. The number of amides is 2. The molecule has 7 heteroatoms. The van der Waals surface area contributed by atoms with Gasteiger partial charge in [0.2, 0.25) is 0 Å². The van der Waals surface area contributed by atoms with E-state index in [1.165, 1.54) is 12.2 Å². The Morgan fingerprint density at radius 2 is 2.18 bits per heavy atom. The van der Waals surface area contributed by atoms with Gasteiger partial charge in [-0.25, -0.2) is 4.79 Å². The third-order valence-corrected chi connectivity index (χ3v) is 2.41. The Morgan fingerprint density at radius 3 is 2.71 bits per heavy atom. The lowest BCUT2D eigenvalue weighted by Gasteiger charge is -2.23. The molecule has 0 saturated carbocycles. The van der Waals surface area contributed by atoms with Crippen LogP contribution in [0.4, 0.5) is 4.79 Å². The van der Waals surface area contributed by atoms with E-state index in [0.717, 1.165) is 4.90 Å². The molecule has 6 nitrogen and oxygen atoms in total. The molecule has 0 aromatic rings. The maximum Gasteiger partial charge on any atom is 0.319 e. The van der Waals surface area contributed by atoms with Crippen molar-refractivity contribution in [1.29, 1.82) is 0 Å². The number of nitrogens with two attached hydrogens (primary N) is 1. The number of halogens is 1. The largest absolute Gasteiger partial charge is 0.481 e. The van der Waals surface area contributed by atoms with Crippen molar-refractivity contribution in [2.24, 2.45) is 5.73 Å². The van der Waals surface area contributed by atoms with Crippen LogP contribution in [-0.4, -0.2) is 34.3 Å². The predicted molar refractivity (Wildman–Crippen MR) is 60.2 cm³/mol. The molecule has 0 unspecified atom stereocenters. The number of carboxylic acid groups (broad SMARTS) is 1. The van der Waals surface area contributed by atoms with Crippen LogP contribution in [0, 0.1) is 0 Å². The van der Waals surface area contributed by atoms with E-state index >= 15 is 0 Å². The molecule has 0 radical (unpaired) electrons. The van der Waals surface area contributed by atoms with E-state index in [1.54, 1.807) is 0 Å². The number of urea groups is 1. The molecule has 0 spiro atoms. The van der Waals surface area contributed by atoms with E-state index in [1.807, 2.05) is 0 Å². The minimum absolute atomic E-state index is 0.0336. The summed E-state index contributed by atoms with van der Waals surface area (Å²) in [7, 11) is 0. The molecule has 1 aliphatic carbocycles. The standard InChI is InChI=1S/C10H11ClN2O4/c11-6-1-2-8(14)7(5-6)13(10(12)17)4-3-9(15)16/h1,5H,2-4H2,(H2,12,17)(H,15,16). The molecule has 0 aliphatic heterocycles. The fraction of sp³-hybridized carbons (Fsp3) is 0.300. The maximum absolute atomic E-state index is 11.6. The van der Waals surface area contributed by atoms with Crippen LogP contribution in [0.15, 0.2) is 22.9 Å². The second-order valence-electron chi connectivity index (χ2n) is 3.38. The Labute approximate surface area is 102 Å². The van der Waals surface area contributed by atoms with Gasteiger partial charge >= 0.3 is 12.0 Å². The molecule has 0 aromatic carbocycles. The first-order chi connectivity index (χ1) is 7.91. The van der Waals surface area contributed by atoms with Crippen molar-refractivity contribution in [3.05, 3.63) is 22.9 Å². The topological polar surface area (TPSA) is 101 Å². The molecule has 2 amide bonds. The van der Waals surface area contributed by atoms with E-state index in [-0.39, 0.29) is 30.9 Å². The SMILES string of the molecule is NC(=O)N(CCC(=O)O)C1=CC(Cl)=CCC1=O. The minimum Gasteiger partial charge on any atom is -0.481 e. The van der Waals surface area contributed by atoms with Crippen molar-refractivity contribution in [2.75, 3.05) is 6.54 Å². The van der Waals surface area contributed by atoms with Gasteiger partial charge in [0.05, 0.1) is 12.1 Å². The third kappa shape index (κ3) is 3.60. The van der Waals surface area contributed by atoms with Crippen LogP contribution in [-0.2, 0) is 9.59 Å². The van der Waals surface area contributed by atoms with Gasteiger partial charge in [-0.2, -0.15) is 0 Å². The number of aliphatic carboxylic acids is 1. The van der Waals surface area contributed by atoms with Gasteiger partial charge in [-0.15, -0.1) is 0 Å². The smallest absolute Gasteiger partial charge is 0.319 e. The summed E-state index contributed by atoms with van der Waals surface area (Å²) in [5, 5.41) is 8.86. The highest BCUT2D eigenvalue weighted by molar-refractivity contribution is 6.32. The van der Waals surface area contributed by atoms with Crippen LogP contribution in [0.25, 0.3) is 0 Å². The number of carbonyl (C=O) groups excluding carboxylic acids is 2. The summed E-state index contributed by atoms with van der Waals surface area (Å²) in [5.74, 6) is -1.40. The van der Waals surface area contributed by atoms with Crippen LogP contribution >= 0.6 is 11.6 Å². The van der Waals surface area contributed by atoms with Crippen molar-refractivity contribution in [1.82, 2.24) is 4.90 Å². The Kier molecular flexibility index (Phi) is 4.28. The minimum atomic E-state index is -1.08. The van der Waals surface area contributed by atoms with Crippen LogP contribution in [0.5, 0.6) is 0 Å². The van der Waals surface area contributed by atoms with Crippen LogP contribution in [0.1, 0.15) is 12.8 Å². The van der Waals surface area contributed by atoms with Gasteiger partial charge in [-0.05, 0) is 6.08 Å². The number of rotatable bonds is 4. The van der Waals surface area contributed by atoms with E-state index < -0.39 is 12.0 Å². The van der Waals surface area contributed by atoms with Crippen molar-refractivity contribution in [3.63, 3.8) is 0 Å². The lowest BCUT2D eigenvalue weighted by molar-refractivity contribution is -0.137. The normalized spacial score (nSPS) is 15.0. The first kappa shape index (κ1) is 13.2. The fourth-order valence-electron chi connectivity index (χ4n) is 1.35. The van der Waals surface area contributed by atoms with Gasteiger partial charge in [0.15, 0.2) is 5.78 Å². The van der Waals surface area contributed by atoms with Crippen molar-refractivity contribution >= 4 is 29.4 Å². The second kappa shape index (κ2) is 5.49. The molecular formula is C10H11ClN2O4. The van der Waals surface area contributed by atoms with Gasteiger partial charge in [-0.3, -0.25) is 14.5 Å². The summed E-state index contributed by atoms with van der Waals surface area (Å²) in [6.45, 7) is -0.160. The van der Waals surface area contributed by atoms with E-state index in [0.29, 0.717) is 5.03 Å². The molecule has 0 heterocycles. The zero-order valence-electron chi connectivity index (χ0n) is 8.85. The summed E-state index contributed by atoms with van der Waals surface area (Å²) in [4.78, 5) is 34.1. The maximum atomic E-state index is 11.6. The van der Waals surface area contributed by atoms with E-state index in [2.05, 4.69) is 0 Å². The molecule has 0 saturated heterocycles. The van der Waals surface area contributed by atoms with Crippen LogP contribution < -0.4 is 5.73 Å². The number of Topliss-reactive ketones (excluding diaryl/α,β-unsaturated/α-hetero) is 1.